The Kier molecular flexibility index (Phi) is 7.18. The number of nitrogens with zero attached hydrogens (tertiary/aromatic N) is 3. The molecule has 1 N–H and O–H groups in total. The van der Waals surface area contributed by atoms with Crippen molar-refractivity contribution in [3.63, 3.8) is 0 Å². The van der Waals surface area contributed by atoms with Gasteiger partial charge in [0.05, 0.1) is 6.61 Å². The van der Waals surface area contributed by atoms with Crippen molar-refractivity contribution in [1.29, 1.82) is 0 Å². The Bertz CT molecular complexity index is 370. The summed E-state index contributed by atoms with van der Waals surface area (Å²) in [7, 11) is 0. The zero-order valence-corrected chi connectivity index (χ0v) is 12.6. The van der Waals surface area contributed by atoms with Gasteiger partial charge in [0.15, 0.2) is 0 Å². The van der Waals surface area contributed by atoms with Crippen molar-refractivity contribution in [1.82, 2.24) is 9.97 Å². The number of aromatic nitrogens is 2. The summed E-state index contributed by atoms with van der Waals surface area (Å²) >= 11 is 0. The van der Waals surface area contributed by atoms with Crippen molar-refractivity contribution in [2.75, 3.05) is 43.1 Å². The Morgan fingerprint density at radius 3 is 2.74 bits per heavy atom. The van der Waals surface area contributed by atoms with Crippen LogP contribution in [-0.4, -0.2) is 42.8 Å². The molecule has 108 valence electrons. The van der Waals surface area contributed by atoms with Gasteiger partial charge in [-0.05, 0) is 27.2 Å². The van der Waals surface area contributed by atoms with Crippen molar-refractivity contribution in [3.05, 3.63) is 11.8 Å². The lowest BCUT2D eigenvalue weighted by Crippen LogP contribution is -2.29. The maximum Gasteiger partial charge on any atom is 0.224 e. The van der Waals surface area contributed by atoms with E-state index in [0.29, 0.717) is 5.95 Å². The molecule has 0 unspecified atom stereocenters. The maximum atomic E-state index is 5.42. The Balaban J connectivity index is 2.76. The maximum absolute atomic E-state index is 5.42. The van der Waals surface area contributed by atoms with Gasteiger partial charge in [-0.25, -0.2) is 4.98 Å². The summed E-state index contributed by atoms with van der Waals surface area (Å²) in [6, 6.07) is 0. The average Bonchev–Trinajstić information content (AvgIpc) is 2.43. The highest BCUT2D eigenvalue weighted by Gasteiger charge is 2.10. The van der Waals surface area contributed by atoms with E-state index in [-0.39, 0.29) is 0 Å². The van der Waals surface area contributed by atoms with Gasteiger partial charge in [-0.3, -0.25) is 0 Å². The van der Waals surface area contributed by atoms with Crippen LogP contribution in [0.4, 0.5) is 11.8 Å². The van der Waals surface area contributed by atoms with Crippen LogP contribution in [0.1, 0.15) is 32.8 Å². The molecule has 0 aromatic carbocycles. The number of rotatable bonds is 9. The normalized spacial score (nSPS) is 10.5. The van der Waals surface area contributed by atoms with Gasteiger partial charge in [0.1, 0.15) is 5.82 Å². The van der Waals surface area contributed by atoms with Crippen LogP contribution in [-0.2, 0) is 4.74 Å². The van der Waals surface area contributed by atoms with E-state index in [9.17, 15) is 0 Å². The Labute approximate surface area is 116 Å². The number of aryl methyl sites for hydroxylation is 1. The summed E-state index contributed by atoms with van der Waals surface area (Å²) in [5, 5.41) is 3.23. The van der Waals surface area contributed by atoms with E-state index >= 15 is 0 Å². The standard InChI is InChI=1S/C14H26N4O/c1-5-8-15-14-16-11-12(4)13(17-14)18(6-2)9-10-19-7-3/h11H,5-10H2,1-4H3,(H,15,16,17). The first kappa shape index (κ1) is 15.7. The van der Waals surface area contributed by atoms with Gasteiger partial charge in [-0.2, -0.15) is 4.98 Å². The molecular formula is C14H26N4O. The number of hydrogen-bond donors (Lipinski definition) is 1. The molecule has 0 fully saturated rings. The molecule has 1 rings (SSSR count). The molecule has 0 aliphatic carbocycles. The molecule has 0 aliphatic rings. The highest BCUT2D eigenvalue weighted by molar-refractivity contribution is 5.48. The molecule has 0 amide bonds. The van der Waals surface area contributed by atoms with Crippen LogP contribution < -0.4 is 10.2 Å². The first-order chi connectivity index (χ1) is 9.22. The number of likely N-dealkylation sites (N-methyl/N-ethyl adjacent to an activating group) is 1. The fraction of sp³-hybridized carbons (Fsp3) is 0.714. The number of ether oxygens (including phenoxy) is 1. The van der Waals surface area contributed by atoms with Gasteiger partial charge in [0.2, 0.25) is 5.95 Å². The summed E-state index contributed by atoms with van der Waals surface area (Å²) < 4.78 is 5.42. The lowest BCUT2D eigenvalue weighted by Gasteiger charge is -2.23. The zero-order valence-electron chi connectivity index (χ0n) is 12.6. The zero-order chi connectivity index (χ0) is 14.1. The van der Waals surface area contributed by atoms with Crippen LogP contribution in [0.5, 0.6) is 0 Å². The molecule has 0 saturated heterocycles. The molecule has 1 heterocycles. The Morgan fingerprint density at radius 1 is 1.32 bits per heavy atom. The minimum atomic E-state index is 0.706. The highest BCUT2D eigenvalue weighted by atomic mass is 16.5. The fourth-order valence-corrected chi connectivity index (χ4v) is 1.81. The highest BCUT2D eigenvalue weighted by Crippen LogP contribution is 2.17. The monoisotopic (exact) mass is 266 g/mol. The van der Waals surface area contributed by atoms with Crippen molar-refractivity contribution >= 4 is 11.8 Å². The summed E-state index contributed by atoms with van der Waals surface area (Å²) in [4.78, 5) is 11.1. The fourth-order valence-electron chi connectivity index (χ4n) is 1.81. The Morgan fingerprint density at radius 2 is 2.11 bits per heavy atom. The number of hydrogen-bond acceptors (Lipinski definition) is 5. The lowest BCUT2D eigenvalue weighted by molar-refractivity contribution is 0.154. The first-order valence-corrected chi connectivity index (χ1v) is 7.13. The van der Waals surface area contributed by atoms with Crippen LogP contribution in [0, 0.1) is 6.92 Å². The smallest absolute Gasteiger partial charge is 0.224 e. The van der Waals surface area contributed by atoms with E-state index in [1.165, 1.54) is 0 Å². The van der Waals surface area contributed by atoms with Gasteiger partial charge in [0.25, 0.3) is 0 Å². The number of nitrogens with one attached hydrogen (secondary N) is 1. The molecule has 19 heavy (non-hydrogen) atoms. The minimum Gasteiger partial charge on any atom is -0.380 e. The van der Waals surface area contributed by atoms with Crippen LogP contribution in [0.25, 0.3) is 0 Å². The lowest BCUT2D eigenvalue weighted by atomic mass is 10.3. The third-order valence-electron chi connectivity index (χ3n) is 2.87. The molecule has 5 heteroatoms. The van der Waals surface area contributed by atoms with Gasteiger partial charge < -0.3 is 15.0 Å². The SMILES string of the molecule is CCCNc1ncc(C)c(N(CC)CCOCC)n1. The van der Waals surface area contributed by atoms with Crippen molar-refractivity contribution in [3.8, 4) is 0 Å². The molecule has 5 nitrogen and oxygen atoms in total. The molecule has 1 aromatic heterocycles. The summed E-state index contributed by atoms with van der Waals surface area (Å²) in [5.74, 6) is 1.70. The van der Waals surface area contributed by atoms with Gasteiger partial charge in [0, 0.05) is 38.0 Å². The van der Waals surface area contributed by atoms with Crippen molar-refractivity contribution in [2.24, 2.45) is 0 Å². The second kappa shape index (κ2) is 8.69. The van der Waals surface area contributed by atoms with Gasteiger partial charge in [-0.1, -0.05) is 6.92 Å². The first-order valence-electron chi connectivity index (χ1n) is 7.13. The summed E-state index contributed by atoms with van der Waals surface area (Å²) in [6.07, 6.45) is 2.94. The second-order valence-corrected chi connectivity index (χ2v) is 4.40. The predicted molar refractivity (Wildman–Crippen MR) is 79.9 cm³/mol. The molecule has 1 aromatic rings. The van der Waals surface area contributed by atoms with Gasteiger partial charge >= 0.3 is 0 Å². The third-order valence-corrected chi connectivity index (χ3v) is 2.87. The van der Waals surface area contributed by atoms with E-state index in [1.807, 2.05) is 20.0 Å². The van der Waals surface area contributed by atoms with Gasteiger partial charge in [-0.15, -0.1) is 0 Å². The quantitative estimate of drug-likeness (QED) is 0.696. The predicted octanol–water partition coefficient (Wildman–Crippen LogP) is 2.47. The number of anilines is 2. The minimum absolute atomic E-state index is 0.706. The molecule has 0 spiro atoms. The molecule has 0 radical (unpaired) electrons. The van der Waals surface area contributed by atoms with E-state index in [4.69, 9.17) is 4.74 Å². The van der Waals surface area contributed by atoms with Crippen molar-refractivity contribution in [2.45, 2.75) is 34.1 Å². The van der Waals surface area contributed by atoms with E-state index in [2.05, 4.69) is 34.0 Å². The van der Waals surface area contributed by atoms with Crippen LogP contribution in [0.3, 0.4) is 0 Å². The summed E-state index contributed by atoms with van der Waals surface area (Å²) in [6.45, 7) is 12.5. The van der Waals surface area contributed by atoms with Crippen LogP contribution >= 0.6 is 0 Å². The molecule has 0 saturated carbocycles. The third kappa shape index (κ3) is 5.03. The van der Waals surface area contributed by atoms with Crippen molar-refractivity contribution < 1.29 is 4.74 Å². The molecule has 0 atom stereocenters. The summed E-state index contributed by atoms with van der Waals surface area (Å²) in [5.41, 5.74) is 1.10. The van der Waals surface area contributed by atoms with Crippen LogP contribution in [0.15, 0.2) is 6.20 Å². The Hall–Kier alpha value is -1.36. The average molecular weight is 266 g/mol. The van der Waals surface area contributed by atoms with Crippen LogP contribution in [0.2, 0.25) is 0 Å². The second-order valence-electron chi connectivity index (χ2n) is 4.40. The van der Waals surface area contributed by atoms with E-state index in [0.717, 1.165) is 50.7 Å². The van der Waals surface area contributed by atoms with E-state index < -0.39 is 0 Å². The largest absolute Gasteiger partial charge is 0.380 e. The van der Waals surface area contributed by atoms with E-state index in [1.54, 1.807) is 0 Å². The topological polar surface area (TPSA) is 50.3 Å². The molecule has 0 aliphatic heterocycles. The molecular weight excluding hydrogens is 240 g/mol. The molecule has 0 bridgehead atoms.